The molecule has 1 saturated heterocycles. The Bertz CT molecular complexity index is 323. The SMILES string of the molecule is CN=C(NCC(F)F)N1CC(C)C(C(=O)OC)C1. The Labute approximate surface area is 105 Å². The van der Waals surface area contributed by atoms with Crippen molar-refractivity contribution in [1.82, 2.24) is 10.2 Å². The molecule has 0 aromatic heterocycles. The fourth-order valence-corrected chi connectivity index (χ4v) is 2.10. The number of guanidine groups is 1. The maximum atomic E-state index is 12.1. The van der Waals surface area contributed by atoms with E-state index in [-0.39, 0.29) is 17.8 Å². The molecule has 0 aromatic carbocycles. The van der Waals surface area contributed by atoms with Crippen molar-refractivity contribution in [2.24, 2.45) is 16.8 Å². The number of nitrogens with one attached hydrogen (secondary N) is 1. The number of hydrogen-bond donors (Lipinski definition) is 1. The van der Waals surface area contributed by atoms with Gasteiger partial charge in [-0.3, -0.25) is 9.79 Å². The summed E-state index contributed by atoms with van der Waals surface area (Å²) in [4.78, 5) is 17.3. The van der Waals surface area contributed by atoms with Crippen LogP contribution in [-0.2, 0) is 9.53 Å². The Morgan fingerprint density at radius 2 is 2.22 bits per heavy atom. The predicted molar refractivity (Wildman–Crippen MR) is 63.6 cm³/mol. The second kappa shape index (κ2) is 6.51. The number of likely N-dealkylation sites (tertiary alicyclic amines) is 1. The second-order valence-electron chi connectivity index (χ2n) is 4.33. The van der Waals surface area contributed by atoms with Crippen LogP contribution >= 0.6 is 0 Å². The Hall–Kier alpha value is -1.40. The third-order valence-corrected chi connectivity index (χ3v) is 3.04. The normalized spacial score (nSPS) is 24.6. The molecule has 0 radical (unpaired) electrons. The first-order valence-electron chi connectivity index (χ1n) is 5.81. The van der Waals surface area contributed by atoms with Gasteiger partial charge in [-0.15, -0.1) is 0 Å². The van der Waals surface area contributed by atoms with Gasteiger partial charge in [-0.2, -0.15) is 0 Å². The van der Waals surface area contributed by atoms with Gasteiger partial charge >= 0.3 is 5.97 Å². The molecule has 2 unspecified atom stereocenters. The second-order valence-corrected chi connectivity index (χ2v) is 4.33. The van der Waals surface area contributed by atoms with Gasteiger partial charge in [0.05, 0.1) is 19.6 Å². The molecule has 1 fully saturated rings. The Morgan fingerprint density at radius 3 is 2.72 bits per heavy atom. The monoisotopic (exact) mass is 263 g/mol. The lowest BCUT2D eigenvalue weighted by molar-refractivity contribution is -0.145. The van der Waals surface area contributed by atoms with E-state index in [9.17, 15) is 13.6 Å². The van der Waals surface area contributed by atoms with Gasteiger partial charge in [0.25, 0.3) is 6.43 Å². The molecule has 18 heavy (non-hydrogen) atoms. The summed E-state index contributed by atoms with van der Waals surface area (Å²) < 4.78 is 29.0. The molecule has 0 amide bonds. The average Bonchev–Trinajstić information content (AvgIpc) is 2.71. The standard InChI is InChI=1S/C11H19F2N3O2/c1-7-5-16(6-8(7)10(17)18-3)11(14-2)15-4-9(12)13/h7-9H,4-6H2,1-3H3,(H,14,15). The summed E-state index contributed by atoms with van der Waals surface area (Å²) in [6.45, 7) is 2.53. The zero-order chi connectivity index (χ0) is 13.7. The van der Waals surface area contributed by atoms with Crippen LogP contribution in [0.25, 0.3) is 0 Å². The molecule has 5 nitrogen and oxygen atoms in total. The van der Waals surface area contributed by atoms with E-state index in [2.05, 4.69) is 10.3 Å². The summed E-state index contributed by atoms with van der Waals surface area (Å²) >= 11 is 0. The van der Waals surface area contributed by atoms with E-state index in [4.69, 9.17) is 4.74 Å². The van der Waals surface area contributed by atoms with Gasteiger partial charge < -0.3 is 15.0 Å². The number of carbonyl (C=O) groups excluding carboxylic acids is 1. The van der Waals surface area contributed by atoms with Crippen LogP contribution in [0.1, 0.15) is 6.92 Å². The highest BCUT2D eigenvalue weighted by Crippen LogP contribution is 2.23. The summed E-state index contributed by atoms with van der Waals surface area (Å²) in [6, 6.07) is 0. The van der Waals surface area contributed by atoms with Gasteiger partial charge in [0, 0.05) is 20.1 Å². The Morgan fingerprint density at radius 1 is 1.56 bits per heavy atom. The van der Waals surface area contributed by atoms with Crippen molar-refractivity contribution >= 4 is 11.9 Å². The van der Waals surface area contributed by atoms with Gasteiger partial charge in [0.2, 0.25) is 0 Å². The molecule has 1 aliphatic heterocycles. The lowest BCUT2D eigenvalue weighted by Crippen LogP contribution is -2.42. The topological polar surface area (TPSA) is 53.9 Å². The molecule has 1 aliphatic rings. The first-order valence-corrected chi connectivity index (χ1v) is 5.81. The van der Waals surface area contributed by atoms with E-state index in [1.165, 1.54) is 14.2 Å². The molecule has 7 heteroatoms. The van der Waals surface area contributed by atoms with E-state index >= 15 is 0 Å². The quantitative estimate of drug-likeness (QED) is 0.459. The molecule has 0 spiro atoms. The molecular formula is C11H19F2N3O2. The minimum absolute atomic E-state index is 0.113. The molecule has 0 aliphatic carbocycles. The number of alkyl halides is 2. The minimum Gasteiger partial charge on any atom is -0.469 e. The number of ether oxygens (including phenoxy) is 1. The van der Waals surface area contributed by atoms with Gasteiger partial charge in [0.15, 0.2) is 5.96 Å². The first-order chi connectivity index (χ1) is 8.49. The van der Waals surface area contributed by atoms with Crippen molar-refractivity contribution < 1.29 is 18.3 Å². The molecule has 1 rings (SSSR count). The molecular weight excluding hydrogens is 244 g/mol. The van der Waals surface area contributed by atoms with E-state index in [1.807, 2.05) is 6.92 Å². The first kappa shape index (κ1) is 14.7. The third kappa shape index (κ3) is 3.54. The summed E-state index contributed by atoms with van der Waals surface area (Å²) in [5.41, 5.74) is 0. The van der Waals surface area contributed by atoms with Crippen LogP contribution in [-0.4, -0.2) is 57.0 Å². The number of rotatable bonds is 3. The summed E-state index contributed by atoms with van der Waals surface area (Å²) in [5.74, 6) is 0.00511. The van der Waals surface area contributed by atoms with Crippen molar-refractivity contribution in [1.29, 1.82) is 0 Å². The van der Waals surface area contributed by atoms with Crippen molar-refractivity contribution in [3.05, 3.63) is 0 Å². The van der Waals surface area contributed by atoms with Crippen molar-refractivity contribution in [3.8, 4) is 0 Å². The number of nitrogens with zero attached hydrogens (tertiary/aromatic N) is 2. The Kier molecular flexibility index (Phi) is 5.30. The van der Waals surface area contributed by atoms with E-state index in [0.29, 0.717) is 19.0 Å². The van der Waals surface area contributed by atoms with Crippen LogP contribution in [0.4, 0.5) is 8.78 Å². The van der Waals surface area contributed by atoms with Crippen LogP contribution in [0.3, 0.4) is 0 Å². The number of halogens is 2. The summed E-state index contributed by atoms with van der Waals surface area (Å²) in [7, 11) is 2.88. The largest absolute Gasteiger partial charge is 0.469 e. The third-order valence-electron chi connectivity index (χ3n) is 3.04. The van der Waals surface area contributed by atoms with E-state index in [0.717, 1.165) is 0 Å². The number of esters is 1. The van der Waals surface area contributed by atoms with E-state index in [1.54, 1.807) is 4.90 Å². The zero-order valence-electron chi connectivity index (χ0n) is 10.8. The van der Waals surface area contributed by atoms with Crippen molar-refractivity contribution in [3.63, 3.8) is 0 Å². The van der Waals surface area contributed by atoms with Gasteiger partial charge in [0.1, 0.15) is 0 Å². The number of hydrogen-bond acceptors (Lipinski definition) is 3. The van der Waals surface area contributed by atoms with Crippen LogP contribution in [0.5, 0.6) is 0 Å². The summed E-state index contributed by atoms with van der Waals surface area (Å²) in [5, 5.41) is 2.58. The van der Waals surface area contributed by atoms with Crippen LogP contribution < -0.4 is 5.32 Å². The molecule has 0 aromatic rings. The van der Waals surface area contributed by atoms with Crippen molar-refractivity contribution in [2.75, 3.05) is 33.8 Å². The van der Waals surface area contributed by atoms with Gasteiger partial charge in [-0.05, 0) is 5.92 Å². The highest BCUT2D eigenvalue weighted by atomic mass is 19.3. The maximum absolute atomic E-state index is 12.1. The minimum atomic E-state index is -2.43. The number of methoxy groups -OCH3 is 1. The fraction of sp³-hybridized carbons (Fsp3) is 0.818. The highest BCUT2D eigenvalue weighted by Gasteiger charge is 2.36. The lowest BCUT2D eigenvalue weighted by Gasteiger charge is -2.21. The van der Waals surface area contributed by atoms with Gasteiger partial charge in [-0.25, -0.2) is 8.78 Å². The van der Waals surface area contributed by atoms with Gasteiger partial charge in [-0.1, -0.05) is 6.92 Å². The van der Waals surface area contributed by atoms with Crippen LogP contribution in [0.2, 0.25) is 0 Å². The average molecular weight is 263 g/mol. The molecule has 2 atom stereocenters. The molecule has 1 heterocycles. The predicted octanol–water partition coefficient (Wildman–Crippen LogP) is 0.568. The number of aliphatic imine (C=N–C) groups is 1. The lowest BCUT2D eigenvalue weighted by atomic mass is 9.99. The highest BCUT2D eigenvalue weighted by molar-refractivity contribution is 5.82. The van der Waals surface area contributed by atoms with Crippen LogP contribution in [0.15, 0.2) is 4.99 Å². The Balaban J connectivity index is 2.60. The van der Waals surface area contributed by atoms with E-state index < -0.39 is 13.0 Å². The fourth-order valence-electron chi connectivity index (χ4n) is 2.10. The molecule has 0 saturated carbocycles. The molecule has 0 bridgehead atoms. The molecule has 1 N–H and O–H groups in total. The van der Waals surface area contributed by atoms with Crippen molar-refractivity contribution in [2.45, 2.75) is 13.3 Å². The zero-order valence-corrected chi connectivity index (χ0v) is 10.8. The number of carbonyl (C=O) groups is 1. The van der Waals surface area contributed by atoms with Crippen LogP contribution in [0, 0.1) is 11.8 Å². The maximum Gasteiger partial charge on any atom is 0.310 e. The molecule has 104 valence electrons. The smallest absolute Gasteiger partial charge is 0.310 e. The summed E-state index contributed by atoms with van der Waals surface area (Å²) in [6.07, 6.45) is -2.43.